The smallest absolute Gasteiger partial charge is 0.131 e. The van der Waals surface area contributed by atoms with E-state index in [9.17, 15) is 0 Å². The van der Waals surface area contributed by atoms with Crippen LogP contribution in [0.25, 0.3) is 0 Å². The molecule has 3 heteroatoms. The van der Waals surface area contributed by atoms with E-state index >= 15 is 0 Å². The molecule has 0 aromatic rings. The molecule has 1 rings (SSSR count). The molecule has 1 N–H and O–H groups in total. The van der Waals surface area contributed by atoms with Crippen LogP contribution in [0.3, 0.4) is 0 Å². The molecule has 0 bridgehead atoms. The lowest BCUT2D eigenvalue weighted by Crippen LogP contribution is -2.27. The maximum Gasteiger partial charge on any atom is 0.131 e. The van der Waals surface area contributed by atoms with Crippen LogP contribution in [0.2, 0.25) is 0 Å². The zero-order valence-electron chi connectivity index (χ0n) is 8.17. The van der Waals surface area contributed by atoms with Crippen LogP contribution in [0.1, 0.15) is 13.8 Å². The van der Waals surface area contributed by atoms with Gasteiger partial charge in [0.25, 0.3) is 0 Å². The molecule has 0 aromatic carbocycles. The summed E-state index contributed by atoms with van der Waals surface area (Å²) in [7, 11) is 0. The highest BCUT2D eigenvalue weighted by atomic mass is 15.1. The zero-order chi connectivity index (χ0) is 9.84. The molecule has 3 nitrogen and oxygen atoms in total. The first-order valence-corrected chi connectivity index (χ1v) is 4.29. The van der Waals surface area contributed by atoms with Crippen LogP contribution in [0.15, 0.2) is 33.5 Å². The third-order valence-electron chi connectivity index (χ3n) is 2.28. The van der Waals surface area contributed by atoms with Gasteiger partial charge in [-0.1, -0.05) is 13.5 Å². The maximum atomic E-state index is 4.12. The Morgan fingerprint density at radius 2 is 2.31 bits per heavy atom. The van der Waals surface area contributed by atoms with Crippen molar-refractivity contribution in [2.45, 2.75) is 13.8 Å². The molecule has 0 saturated heterocycles. The summed E-state index contributed by atoms with van der Waals surface area (Å²) in [4.78, 5) is 7.68. The second-order valence-corrected chi connectivity index (χ2v) is 3.21. The first-order valence-electron chi connectivity index (χ1n) is 4.29. The molecule has 13 heavy (non-hydrogen) atoms. The van der Waals surface area contributed by atoms with Crippen molar-refractivity contribution in [3.63, 3.8) is 0 Å². The molecule has 0 spiro atoms. The normalized spacial score (nSPS) is 23.5. The second kappa shape index (κ2) is 4.03. The molecule has 1 heterocycles. The molecule has 0 saturated carbocycles. The number of aliphatic imine (C=N–C) groups is 2. The Morgan fingerprint density at radius 1 is 1.62 bits per heavy atom. The van der Waals surface area contributed by atoms with Crippen molar-refractivity contribution < 1.29 is 0 Å². The Labute approximate surface area is 79.0 Å². The van der Waals surface area contributed by atoms with Crippen LogP contribution >= 0.6 is 0 Å². The quantitative estimate of drug-likeness (QED) is 0.506. The molecule has 0 radical (unpaired) electrons. The number of hydrogen-bond donors (Lipinski definition) is 1. The van der Waals surface area contributed by atoms with E-state index < -0.39 is 0 Å². The van der Waals surface area contributed by atoms with E-state index in [1.807, 2.05) is 6.92 Å². The summed E-state index contributed by atoms with van der Waals surface area (Å²) in [5.74, 6) is 1.34. The summed E-state index contributed by atoms with van der Waals surface area (Å²) in [5, 5.41) is 3.22. The molecule has 1 unspecified atom stereocenters. The number of nitrogens with zero attached hydrogens (tertiary/aromatic N) is 2. The van der Waals surface area contributed by atoms with Crippen molar-refractivity contribution in [3.8, 4) is 0 Å². The number of hydrogen-bond acceptors (Lipinski definition) is 2. The van der Waals surface area contributed by atoms with Gasteiger partial charge in [0.15, 0.2) is 0 Å². The average molecular weight is 177 g/mol. The molecule has 0 aliphatic carbocycles. The van der Waals surface area contributed by atoms with Crippen molar-refractivity contribution in [1.82, 2.24) is 5.32 Å². The van der Waals surface area contributed by atoms with Gasteiger partial charge in [0, 0.05) is 6.54 Å². The van der Waals surface area contributed by atoms with Gasteiger partial charge in [-0.15, -0.1) is 0 Å². The third-order valence-corrected chi connectivity index (χ3v) is 2.28. The Morgan fingerprint density at radius 3 is 2.92 bits per heavy atom. The van der Waals surface area contributed by atoms with Gasteiger partial charge in [-0.2, -0.15) is 0 Å². The minimum Gasteiger partial charge on any atom is -0.369 e. The monoisotopic (exact) mass is 177 g/mol. The highest BCUT2D eigenvalue weighted by molar-refractivity contribution is 5.63. The average Bonchev–Trinajstić information content (AvgIpc) is 2.13. The first kappa shape index (κ1) is 9.71. The molecule has 70 valence electrons. The SMILES string of the molecule is C=N/C=N\C1=C(C)C(=C)C(C)CN1. The topological polar surface area (TPSA) is 36.8 Å². The molecule has 0 fully saturated rings. The van der Waals surface area contributed by atoms with E-state index in [-0.39, 0.29) is 0 Å². The maximum absolute atomic E-state index is 4.12. The van der Waals surface area contributed by atoms with E-state index in [4.69, 9.17) is 0 Å². The largest absolute Gasteiger partial charge is 0.369 e. The Kier molecular flexibility index (Phi) is 3.01. The van der Waals surface area contributed by atoms with E-state index in [0.29, 0.717) is 5.92 Å². The van der Waals surface area contributed by atoms with Gasteiger partial charge < -0.3 is 5.32 Å². The summed E-state index contributed by atoms with van der Waals surface area (Å²) >= 11 is 0. The van der Waals surface area contributed by atoms with E-state index in [1.54, 1.807) is 0 Å². The van der Waals surface area contributed by atoms with Gasteiger partial charge in [-0.05, 0) is 30.7 Å². The fourth-order valence-corrected chi connectivity index (χ4v) is 1.27. The highest BCUT2D eigenvalue weighted by Crippen LogP contribution is 2.23. The van der Waals surface area contributed by atoms with Crippen LogP contribution in [0, 0.1) is 5.92 Å². The highest BCUT2D eigenvalue weighted by Gasteiger charge is 2.17. The predicted molar refractivity (Wildman–Crippen MR) is 57.0 cm³/mol. The van der Waals surface area contributed by atoms with Gasteiger partial charge in [0.05, 0.1) is 0 Å². The van der Waals surface area contributed by atoms with Crippen molar-refractivity contribution in [1.29, 1.82) is 0 Å². The van der Waals surface area contributed by atoms with Crippen molar-refractivity contribution in [2.24, 2.45) is 15.9 Å². The van der Waals surface area contributed by atoms with Crippen LogP contribution in [-0.4, -0.2) is 19.6 Å². The van der Waals surface area contributed by atoms with Crippen LogP contribution in [0.4, 0.5) is 0 Å². The van der Waals surface area contributed by atoms with Crippen molar-refractivity contribution in [2.75, 3.05) is 6.54 Å². The van der Waals surface area contributed by atoms with Gasteiger partial charge in [0.2, 0.25) is 0 Å². The van der Waals surface area contributed by atoms with Crippen molar-refractivity contribution in [3.05, 3.63) is 23.5 Å². The Hall–Kier alpha value is -1.38. The summed E-state index contributed by atoms with van der Waals surface area (Å²) < 4.78 is 0. The second-order valence-electron chi connectivity index (χ2n) is 3.21. The molecule has 1 atom stereocenters. The lowest BCUT2D eigenvalue weighted by Gasteiger charge is -2.24. The zero-order valence-corrected chi connectivity index (χ0v) is 8.17. The Bertz CT molecular complexity index is 287. The number of allylic oxidation sites excluding steroid dienone is 1. The molecule has 0 amide bonds. The van der Waals surface area contributed by atoms with Crippen molar-refractivity contribution >= 4 is 13.1 Å². The summed E-state index contributed by atoms with van der Waals surface area (Å²) in [5.41, 5.74) is 2.26. The van der Waals surface area contributed by atoms with E-state index in [0.717, 1.165) is 23.5 Å². The lowest BCUT2D eigenvalue weighted by molar-refractivity contribution is 0.590. The van der Waals surface area contributed by atoms with Gasteiger partial charge >= 0.3 is 0 Å². The molecule has 0 aromatic heterocycles. The van der Waals surface area contributed by atoms with Crippen LogP contribution < -0.4 is 5.32 Å². The van der Waals surface area contributed by atoms with Gasteiger partial charge in [0.1, 0.15) is 12.2 Å². The predicted octanol–water partition coefficient (Wildman–Crippen LogP) is 1.74. The van der Waals surface area contributed by atoms with E-state index in [1.165, 1.54) is 6.34 Å². The number of rotatable bonds is 2. The molecular weight excluding hydrogens is 162 g/mol. The minimum absolute atomic E-state index is 0.482. The first-order chi connectivity index (χ1) is 6.16. The fraction of sp³-hybridized carbons (Fsp3) is 0.400. The minimum atomic E-state index is 0.482. The fourth-order valence-electron chi connectivity index (χ4n) is 1.27. The van der Waals surface area contributed by atoms with Gasteiger partial charge in [-0.25, -0.2) is 4.99 Å². The summed E-state index contributed by atoms with van der Waals surface area (Å²) in [6.07, 6.45) is 1.44. The van der Waals surface area contributed by atoms with Crippen LogP contribution in [-0.2, 0) is 0 Å². The molecular formula is C10H15N3. The number of nitrogens with one attached hydrogen (secondary N) is 1. The lowest BCUT2D eigenvalue weighted by atomic mass is 9.93. The molecule has 1 aliphatic rings. The standard InChI is InChI=1S/C10H15N3/c1-7-5-12-10(13-6-11-4)9(3)8(7)2/h6-7,12H,2,4-5H2,1,3H3/b13-6-. The Balaban J connectivity index is 2.90. The molecule has 1 aliphatic heterocycles. The van der Waals surface area contributed by atoms with E-state index in [2.05, 4.69) is 35.5 Å². The van der Waals surface area contributed by atoms with Gasteiger partial charge in [-0.3, -0.25) is 4.99 Å². The third kappa shape index (κ3) is 2.05. The summed E-state index contributed by atoms with van der Waals surface area (Å²) in [6.45, 7) is 12.4. The summed E-state index contributed by atoms with van der Waals surface area (Å²) in [6, 6.07) is 0. The van der Waals surface area contributed by atoms with Crippen LogP contribution in [0.5, 0.6) is 0 Å².